The van der Waals surface area contributed by atoms with E-state index in [0.717, 1.165) is 10.9 Å². The highest BCUT2D eigenvalue weighted by atomic mass is 28.4. The summed E-state index contributed by atoms with van der Waals surface area (Å²) in [4.78, 5) is 0. The summed E-state index contributed by atoms with van der Waals surface area (Å²) in [5.74, 6) is 1.40. The molecular weight excluding hydrogens is 312 g/mol. The van der Waals surface area contributed by atoms with Crippen LogP contribution in [0.1, 0.15) is 41.5 Å². The molecule has 0 saturated carbocycles. The number of benzene rings is 1. The lowest BCUT2D eigenvalue weighted by molar-refractivity contribution is 0.119. The van der Waals surface area contributed by atoms with Crippen LogP contribution in [-0.4, -0.2) is 41.3 Å². The Morgan fingerprint density at radius 3 is 1.61 bits per heavy atom. The first kappa shape index (κ1) is 20.0. The van der Waals surface area contributed by atoms with Gasteiger partial charge in [0.05, 0.1) is 5.19 Å². The van der Waals surface area contributed by atoms with E-state index in [9.17, 15) is 0 Å². The maximum atomic E-state index is 6.07. The quantitative estimate of drug-likeness (QED) is 0.743. The summed E-state index contributed by atoms with van der Waals surface area (Å²) in [5, 5.41) is 0.752. The van der Waals surface area contributed by atoms with E-state index >= 15 is 0 Å². The highest BCUT2D eigenvalue weighted by Gasteiger charge is 2.44. The SMILES string of the molecule is CO[Si](OC)(OC)c1cc(OC(C)(C)C)ccc1OC(C)(C)C. The summed E-state index contributed by atoms with van der Waals surface area (Å²) < 4.78 is 28.9. The molecule has 0 aromatic heterocycles. The summed E-state index contributed by atoms with van der Waals surface area (Å²) in [5.41, 5.74) is -0.655. The minimum Gasteiger partial charge on any atom is -0.488 e. The molecule has 0 aliphatic heterocycles. The van der Waals surface area contributed by atoms with E-state index in [1.54, 1.807) is 21.3 Å². The van der Waals surface area contributed by atoms with Crippen molar-refractivity contribution in [1.29, 1.82) is 0 Å². The average molecular weight is 343 g/mol. The first-order valence-electron chi connectivity index (χ1n) is 7.64. The second-order valence-corrected chi connectivity index (χ2v) is 10.1. The van der Waals surface area contributed by atoms with Gasteiger partial charge in [-0.15, -0.1) is 0 Å². The molecule has 0 unspecified atom stereocenters. The summed E-state index contributed by atoms with van der Waals surface area (Å²) in [6.07, 6.45) is 0. The van der Waals surface area contributed by atoms with Crippen LogP contribution in [0.5, 0.6) is 11.5 Å². The molecule has 5 nitrogen and oxygen atoms in total. The van der Waals surface area contributed by atoms with Crippen LogP contribution in [0.4, 0.5) is 0 Å². The van der Waals surface area contributed by atoms with Gasteiger partial charge < -0.3 is 22.8 Å². The Morgan fingerprint density at radius 2 is 1.22 bits per heavy atom. The lowest BCUT2D eigenvalue weighted by Gasteiger charge is -2.30. The van der Waals surface area contributed by atoms with Crippen molar-refractivity contribution in [2.45, 2.75) is 52.7 Å². The Balaban J connectivity index is 3.42. The van der Waals surface area contributed by atoms with Crippen LogP contribution in [0.25, 0.3) is 0 Å². The minimum atomic E-state index is -3.05. The van der Waals surface area contributed by atoms with E-state index < -0.39 is 8.80 Å². The fraction of sp³-hybridized carbons (Fsp3) is 0.647. The predicted octanol–water partition coefficient (Wildman–Crippen LogP) is 3.13. The maximum absolute atomic E-state index is 6.07. The van der Waals surface area contributed by atoms with Gasteiger partial charge in [0.25, 0.3) is 0 Å². The minimum absolute atomic E-state index is 0.304. The molecule has 1 aromatic carbocycles. The third kappa shape index (κ3) is 5.49. The van der Waals surface area contributed by atoms with Gasteiger partial charge in [0, 0.05) is 21.3 Å². The van der Waals surface area contributed by atoms with Gasteiger partial charge >= 0.3 is 8.80 Å². The third-order valence-electron chi connectivity index (χ3n) is 2.93. The normalized spacial score (nSPS) is 13.1. The molecule has 0 radical (unpaired) electrons. The van der Waals surface area contributed by atoms with Gasteiger partial charge in [-0.05, 0) is 59.7 Å². The van der Waals surface area contributed by atoms with Gasteiger partial charge in [0.15, 0.2) is 0 Å². The largest absolute Gasteiger partial charge is 0.540 e. The first-order chi connectivity index (χ1) is 10.5. The van der Waals surface area contributed by atoms with Gasteiger partial charge in [0.2, 0.25) is 0 Å². The zero-order valence-electron chi connectivity index (χ0n) is 15.8. The van der Waals surface area contributed by atoms with Gasteiger partial charge in [-0.3, -0.25) is 0 Å². The molecule has 132 valence electrons. The Kier molecular flexibility index (Phi) is 6.26. The topological polar surface area (TPSA) is 46.2 Å². The lowest BCUT2D eigenvalue weighted by Crippen LogP contribution is -2.55. The predicted molar refractivity (Wildman–Crippen MR) is 93.6 cm³/mol. The Morgan fingerprint density at radius 1 is 0.739 bits per heavy atom. The molecule has 0 aliphatic carbocycles. The molecule has 0 heterocycles. The summed E-state index contributed by atoms with van der Waals surface area (Å²) >= 11 is 0. The lowest BCUT2D eigenvalue weighted by atomic mass is 10.2. The average Bonchev–Trinajstić information content (AvgIpc) is 2.41. The van der Waals surface area contributed by atoms with Crippen molar-refractivity contribution in [3.05, 3.63) is 18.2 Å². The second kappa shape index (κ2) is 7.21. The molecule has 0 aliphatic rings. The van der Waals surface area contributed by atoms with Crippen LogP contribution in [0.2, 0.25) is 0 Å². The Hall–Kier alpha value is -1.08. The van der Waals surface area contributed by atoms with Crippen LogP contribution in [0.15, 0.2) is 18.2 Å². The molecule has 1 aromatic rings. The van der Waals surface area contributed by atoms with E-state index in [-0.39, 0.29) is 11.2 Å². The van der Waals surface area contributed by atoms with Crippen molar-refractivity contribution in [2.75, 3.05) is 21.3 Å². The molecular formula is C17H30O5Si. The Bertz CT molecular complexity index is 504. The zero-order valence-corrected chi connectivity index (χ0v) is 16.8. The van der Waals surface area contributed by atoms with E-state index in [4.69, 9.17) is 22.8 Å². The number of hydrogen-bond donors (Lipinski definition) is 0. The zero-order chi connectivity index (χ0) is 17.9. The summed E-state index contributed by atoms with van der Waals surface area (Å²) in [7, 11) is 1.69. The molecule has 23 heavy (non-hydrogen) atoms. The van der Waals surface area contributed by atoms with Gasteiger partial charge in [-0.2, -0.15) is 0 Å². The number of rotatable bonds is 6. The number of ether oxygens (including phenoxy) is 2. The van der Waals surface area contributed by atoms with Crippen LogP contribution < -0.4 is 14.7 Å². The van der Waals surface area contributed by atoms with E-state index in [0.29, 0.717) is 5.75 Å². The molecule has 0 saturated heterocycles. The molecule has 0 bridgehead atoms. The number of hydrogen-bond acceptors (Lipinski definition) is 5. The van der Waals surface area contributed by atoms with E-state index in [1.165, 1.54) is 0 Å². The smallest absolute Gasteiger partial charge is 0.488 e. The highest BCUT2D eigenvalue weighted by molar-refractivity contribution is 6.76. The molecule has 1 rings (SSSR count). The fourth-order valence-corrected chi connectivity index (χ4v) is 4.08. The summed E-state index contributed by atoms with van der Waals surface area (Å²) in [6, 6.07) is 5.64. The van der Waals surface area contributed by atoms with Crippen molar-refractivity contribution in [3.63, 3.8) is 0 Å². The van der Waals surface area contributed by atoms with Crippen LogP contribution in [-0.2, 0) is 13.3 Å². The summed E-state index contributed by atoms with van der Waals surface area (Å²) in [6.45, 7) is 12.0. The molecule has 0 spiro atoms. The molecule has 0 atom stereocenters. The molecule has 6 heteroatoms. The van der Waals surface area contributed by atoms with Gasteiger partial charge in [-0.25, -0.2) is 0 Å². The fourth-order valence-electron chi connectivity index (χ4n) is 2.16. The molecule has 0 fully saturated rings. The van der Waals surface area contributed by atoms with Gasteiger partial charge in [-0.1, -0.05) is 0 Å². The third-order valence-corrected chi connectivity index (χ3v) is 5.59. The standard InChI is InChI=1S/C17H30O5Si/c1-16(2,3)21-13-10-11-14(22-17(4,5)6)15(12-13)23(18-7,19-8)20-9/h10-12H,1-9H3. The van der Waals surface area contributed by atoms with Gasteiger partial charge in [0.1, 0.15) is 22.7 Å². The highest BCUT2D eigenvalue weighted by Crippen LogP contribution is 2.26. The molecule has 0 N–H and O–H groups in total. The van der Waals surface area contributed by atoms with E-state index in [1.807, 2.05) is 59.7 Å². The van der Waals surface area contributed by atoms with Crippen molar-refractivity contribution in [3.8, 4) is 11.5 Å². The van der Waals surface area contributed by atoms with Crippen molar-refractivity contribution < 1.29 is 22.8 Å². The van der Waals surface area contributed by atoms with E-state index in [2.05, 4.69) is 0 Å². The van der Waals surface area contributed by atoms with Crippen LogP contribution >= 0.6 is 0 Å². The van der Waals surface area contributed by atoms with Crippen LogP contribution in [0, 0.1) is 0 Å². The van der Waals surface area contributed by atoms with Crippen molar-refractivity contribution in [2.24, 2.45) is 0 Å². The maximum Gasteiger partial charge on any atom is 0.540 e. The monoisotopic (exact) mass is 342 g/mol. The molecule has 0 amide bonds. The second-order valence-electron chi connectivity index (χ2n) is 7.26. The Labute approximate surface area is 141 Å². The van der Waals surface area contributed by atoms with Crippen molar-refractivity contribution in [1.82, 2.24) is 0 Å². The van der Waals surface area contributed by atoms with Crippen molar-refractivity contribution >= 4 is 14.0 Å². The van der Waals surface area contributed by atoms with Crippen LogP contribution in [0.3, 0.4) is 0 Å². The first-order valence-corrected chi connectivity index (χ1v) is 9.37.